The quantitative estimate of drug-likeness (QED) is 0.211. The Kier molecular flexibility index (Phi) is 7.10. The normalized spacial score (nSPS) is 10.4. The van der Waals surface area contributed by atoms with Crippen LogP contribution in [0.25, 0.3) is 0 Å². The van der Waals surface area contributed by atoms with E-state index in [1.165, 1.54) is 6.21 Å². The number of anilines is 1. The van der Waals surface area contributed by atoms with Gasteiger partial charge in [-0.25, -0.2) is 10.2 Å². The molecule has 0 radical (unpaired) electrons. The van der Waals surface area contributed by atoms with Crippen LogP contribution in [-0.4, -0.2) is 31.1 Å². The lowest BCUT2D eigenvalue weighted by Gasteiger charge is -2.06. The summed E-state index contributed by atoms with van der Waals surface area (Å²) in [5.41, 5.74) is 3.58. The van der Waals surface area contributed by atoms with Gasteiger partial charge in [0.05, 0.1) is 18.9 Å². The molecule has 0 bridgehead atoms. The van der Waals surface area contributed by atoms with Crippen molar-refractivity contribution < 1.29 is 23.9 Å². The van der Waals surface area contributed by atoms with Gasteiger partial charge >= 0.3 is 17.8 Å². The minimum Gasteiger partial charge on any atom is -0.497 e. The first-order chi connectivity index (χ1) is 15.0. The summed E-state index contributed by atoms with van der Waals surface area (Å²) in [6.45, 7) is 0. The summed E-state index contributed by atoms with van der Waals surface area (Å²) in [4.78, 5) is 35.9. The minimum atomic E-state index is -0.915. The number of esters is 1. The lowest BCUT2D eigenvalue weighted by Crippen LogP contribution is -2.32. The van der Waals surface area contributed by atoms with Gasteiger partial charge in [-0.15, -0.1) is 0 Å². The molecule has 0 saturated heterocycles. The van der Waals surface area contributed by atoms with E-state index in [4.69, 9.17) is 9.47 Å². The van der Waals surface area contributed by atoms with Crippen molar-refractivity contribution >= 4 is 29.7 Å². The van der Waals surface area contributed by atoms with Crippen LogP contribution in [0.15, 0.2) is 84.0 Å². The summed E-state index contributed by atoms with van der Waals surface area (Å²) in [6.07, 6.45) is 1.33. The summed E-state index contributed by atoms with van der Waals surface area (Å²) in [5.74, 6) is -1.34. The Labute approximate surface area is 178 Å². The second-order valence-electron chi connectivity index (χ2n) is 6.21. The molecule has 8 heteroatoms. The highest BCUT2D eigenvalue weighted by atomic mass is 16.5. The number of rotatable bonds is 6. The molecule has 3 rings (SSSR count). The van der Waals surface area contributed by atoms with Crippen LogP contribution in [0.1, 0.15) is 15.9 Å². The van der Waals surface area contributed by atoms with Gasteiger partial charge < -0.3 is 14.8 Å². The lowest BCUT2D eigenvalue weighted by atomic mass is 10.2. The molecule has 3 aromatic carbocycles. The zero-order valence-corrected chi connectivity index (χ0v) is 16.6. The van der Waals surface area contributed by atoms with Crippen LogP contribution in [0, 0.1) is 0 Å². The van der Waals surface area contributed by atoms with E-state index in [0.717, 1.165) is 0 Å². The van der Waals surface area contributed by atoms with Crippen molar-refractivity contribution in [2.75, 3.05) is 12.4 Å². The van der Waals surface area contributed by atoms with Crippen LogP contribution in [0.5, 0.6) is 11.5 Å². The topological polar surface area (TPSA) is 106 Å². The van der Waals surface area contributed by atoms with Crippen LogP contribution >= 0.6 is 0 Å². The van der Waals surface area contributed by atoms with Crippen molar-refractivity contribution in [1.82, 2.24) is 5.43 Å². The molecule has 8 nitrogen and oxygen atoms in total. The molecule has 0 aromatic heterocycles. The SMILES string of the molecule is COc1ccc(C(=O)Oc2cccc(/C=N\NC(=O)C(=O)Nc3ccccc3)c2)cc1. The van der Waals surface area contributed by atoms with E-state index in [9.17, 15) is 14.4 Å². The molecule has 0 fully saturated rings. The second-order valence-corrected chi connectivity index (χ2v) is 6.21. The number of hydrogen-bond donors (Lipinski definition) is 2. The zero-order chi connectivity index (χ0) is 22.1. The highest BCUT2D eigenvalue weighted by Crippen LogP contribution is 2.16. The van der Waals surface area contributed by atoms with Crippen molar-refractivity contribution in [2.24, 2.45) is 5.10 Å². The molecule has 31 heavy (non-hydrogen) atoms. The first kappa shape index (κ1) is 21.3. The molecule has 0 saturated carbocycles. The van der Waals surface area contributed by atoms with Crippen molar-refractivity contribution in [3.05, 3.63) is 90.0 Å². The maximum Gasteiger partial charge on any atom is 0.343 e. The van der Waals surface area contributed by atoms with Gasteiger partial charge in [-0.3, -0.25) is 9.59 Å². The number of carbonyl (C=O) groups excluding carboxylic acids is 3. The van der Waals surface area contributed by atoms with Gasteiger partial charge in [-0.05, 0) is 54.1 Å². The van der Waals surface area contributed by atoms with Crippen LogP contribution < -0.4 is 20.2 Å². The molecule has 0 atom stereocenters. The van der Waals surface area contributed by atoms with Gasteiger partial charge in [-0.2, -0.15) is 5.10 Å². The molecule has 2 N–H and O–H groups in total. The zero-order valence-electron chi connectivity index (χ0n) is 16.6. The van der Waals surface area contributed by atoms with E-state index in [1.54, 1.807) is 86.0 Å². The third-order valence-corrected chi connectivity index (χ3v) is 4.01. The largest absolute Gasteiger partial charge is 0.497 e. The average molecular weight is 417 g/mol. The molecule has 0 aliphatic carbocycles. The third-order valence-electron chi connectivity index (χ3n) is 4.01. The lowest BCUT2D eigenvalue weighted by molar-refractivity contribution is -0.136. The number of hydrazone groups is 1. The van der Waals surface area contributed by atoms with Gasteiger partial charge in [0.15, 0.2) is 0 Å². The Bertz CT molecular complexity index is 1100. The number of amides is 2. The van der Waals surface area contributed by atoms with E-state index in [2.05, 4.69) is 15.8 Å². The number of carbonyl (C=O) groups is 3. The van der Waals surface area contributed by atoms with Gasteiger partial charge in [0.2, 0.25) is 0 Å². The Balaban J connectivity index is 1.55. The van der Waals surface area contributed by atoms with Crippen LogP contribution in [0.3, 0.4) is 0 Å². The number of nitrogens with zero attached hydrogens (tertiary/aromatic N) is 1. The molecule has 0 aliphatic rings. The Morgan fingerprint density at radius 1 is 0.839 bits per heavy atom. The molecule has 156 valence electrons. The van der Waals surface area contributed by atoms with Crippen LogP contribution in [-0.2, 0) is 9.59 Å². The highest BCUT2D eigenvalue weighted by molar-refractivity contribution is 6.39. The monoisotopic (exact) mass is 417 g/mol. The predicted molar refractivity (Wildman–Crippen MR) is 115 cm³/mol. The molecular formula is C23H19N3O5. The summed E-state index contributed by atoms with van der Waals surface area (Å²) in [7, 11) is 1.54. The van der Waals surface area contributed by atoms with Gasteiger partial charge in [-0.1, -0.05) is 30.3 Å². The number of nitrogens with one attached hydrogen (secondary N) is 2. The standard InChI is InChI=1S/C23H19N3O5/c1-30-19-12-10-17(11-13-19)23(29)31-20-9-5-6-16(14-20)15-24-26-22(28)21(27)25-18-7-3-2-4-8-18/h2-15H,1H3,(H,25,27)(H,26,28)/b24-15-. The maximum atomic E-state index is 12.3. The van der Waals surface area contributed by atoms with Crippen molar-refractivity contribution in [2.45, 2.75) is 0 Å². The van der Waals surface area contributed by atoms with Gasteiger partial charge in [0.25, 0.3) is 0 Å². The summed E-state index contributed by atoms with van der Waals surface area (Å²) >= 11 is 0. The number of ether oxygens (including phenoxy) is 2. The molecule has 0 unspecified atom stereocenters. The summed E-state index contributed by atoms with van der Waals surface area (Å²) < 4.78 is 10.4. The first-order valence-corrected chi connectivity index (χ1v) is 9.21. The fraction of sp³-hybridized carbons (Fsp3) is 0.0435. The number of hydrogen-bond acceptors (Lipinski definition) is 6. The number of para-hydroxylation sites is 1. The molecule has 0 aliphatic heterocycles. The molecule has 3 aromatic rings. The Hall–Kier alpha value is -4.46. The molecule has 2 amide bonds. The Morgan fingerprint density at radius 2 is 1.58 bits per heavy atom. The summed E-state index contributed by atoms with van der Waals surface area (Å²) in [5, 5.41) is 6.22. The number of methoxy groups -OCH3 is 1. The highest BCUT2D eigenvalue weighted by Gasteiger charge is 2.12. The van der Waals surface area contributed by atoms with Crippen molar-refractivity contribution in [3.8, 4) is 11.5 Å². The predicted octanol–water partition coefficient (Wildman–Crippen LogP) is 3.00. The van der Waals surface area contributed by atoms with E-state index in [-0.39, 0.29) is 0 Å². The van der Waals surface area contributed by atoms with E-state index in [1.807, 2.05) is 0 Å². The smallest absolute Gasteiger partial charge is 0.343 e. The molecule has 0 heterocycles. The Morgan fingerprint density at radius 3 is 2.29 bits per heavy atom. The van der Waals surface area contributed by atoms with E-state index >= 15 is 0 Å². The first-order valence-electron chi connectivity index (χ1n) is 9.21. The fourth-order valence-electron chi connectivity index (χ4n) is 2.48. The van der Waals surface area contributed by atoms with Crippen molar-refractivity contribution in [1.29, 1.82) is 0 Å². The number of benzene rings is 3. The third kappa shape index (κ3) is 6.26. The summed E-state index contributed by atoms with van der Waals surface area (Å²) in [6, 6.07) is 21.7. The van der Waals surface area contributed by atoms with Crippen LogP contribution in [0.4, 0.5) is 5.69 Å². The van der Waals surface area contributed by atoms with Crippen molar-refractivity contribution in [3.63, 3.8) is 0 Å². The van der Waals surface area contributed by atoms with Crippen LogP contribution in [0.2, 0.25) is 0 Å². The van der Waals surface area contributed by atoms with Gasteiger partial charge in [0.1, 0.15) is 11.5 Å². The fourth-order valence-corrected chi connectivity index (χ4v) is 2.48. The molecule has 0 spiro atoms. The van der Waals surface area contributed by atoms with E-state index in [0.29, 0.717) is 28.3 Å². The van der Waals surface area contributed by atoms with E-state index < -0.39 is 17.8 Å². The average Bonchev–Trinajstić information content (AvgIpc) is 2.80. The minimum absolute atomic E-state index is 0.304. The second kappa shape index (κ2) is 10.4. The maximum absolute atomic E-state index is 12.3. The molecular weight excluding hydrogens is 398 g/mol. The van der Waals surface area contributed by atoms with Gasteiger partial charge in [0, 0.05) is 5.69 Å².